The maximum atomic E-state index is 12.6. The van der Waals surface area contributed by atoms with Crippen LogP contribution in [0, 0.1) is 0 Å². The van der Waals surface area contributed by atoms with Crippen LogP contribution in [0.5, 0.6) is 11.5 Å². The number of anilines is 1. The van der Waals surface area contributed by atoms with E-state index in [2.05, 4.69) is 12.2 Å². The summed E-state index contributed by atoms with van der Waals surface area (Å²) in [7, 11) is 0. The number of benzene rings is 2. The van der Waals surface area contributed by atoms with Crippen molar-refractivity contribution in [1.82, 2.24) is 4.90 Å². The first-order valence-corrected chi connectivity index (χ1v) is 9.55. The fraction of sp³-hybridized carbons (Fsp3) is 0.364. The topological polar surface area (TPSA) is 67.9 Å². The molecule has 148 valence electrons. The number of hydrogen-bond acceptors (Lipinski definition) is 4. The van der Waals surface area contributed by atoms with Crippen LogP contribution in [0.4, 0.5) is 5.69 Å². The van der Waals surface area contributed by atoms with Gasteiger partial charge in [-0.1, -0.05) is 25.1 Å². The molecule has 2 atom stereocenters. The van der Waals surface area contributed by atoms with Crippen molar-refractivity contribution in [1.29, 1.82) is 0 Å². The van der Waals surface area contributed by atoms with Gasteiger partial charge in [-0.05, 0) is 50.6 Å². The molecule has 6 heteroatoms. The van der Waals surface area contributed by atoms with Crippen LogP contribution in [0.1, 0.15) is 32.8 Å². The Kier molecular flexibility index (Phi) is 6.19. The van der Waals surface area contributed by atoms with Gasteiger partial charge in [0.2, 0.25) is 0 Å². The summed E-state index contributed by atoms with van der Waals surface area (Å²) >= 11 is 0. The summed E-state index contributed by atoms with van der Waals surface area (Å²) in [5.74, 6) is 1.05. The largest absolute Gasteiger partial charge is 0.484 e. The number of nitrogens with zero attached hydrogens (tertiary/aromatic N) is 1. The van der Waals surface area contributed by atoms with Gasteiger partial charge in [-0.15, -0.1) is 0 Å². The smallest absolute Gasteiger partial charge is 0.263 e. The maximum Gasteiger partial charge on any atom is 0.263 e. The van der Waals surface area contributed by atoms with Crippen LogP contribution in [0.3, 0.4) is 0 Å². The molecular weight excluding hydrogens is 356 g/mol. The molecular formula is C22H26N2O4. The van der Waals surface area contributed by atoms with Crippen molar-refractivity contribution in [3.8, 4) is 11.5 Å². The van der Waals surface area contributed by atoms with E-state index in [1.165, 1.54) is 0 Å². The van der Waals surface area contributed by atoms with E-state index in [-0.39, 0.29) is 24.5 Å². The SMILES string of the molecule is CC[C@@H](C)N1Cc2cc(NC(=O)COc3ccccc3)ccc2O[C@H](C)C1=O. The third-order valence-electron chi connectivity index (χ3n) is 4.86. The zero-order valence-electron chi connectivity index (χ0n) is 16.5. The monoisotopic (exact) mass is 382 g/mol. The highest BCUT2D eigenvalue weighted by molar-refractivity contribution is 5.92. The van der Waals surface area contributed by atoms with Gasteiger partial charge in [0, 0.05) is 23.8 Å². The molecule has 0 bridgehead atoms. The van der Waals surface area contributed by atoms with Gasteiger partial charge in [0.1, 0.15) is 11.5 Å². The molecule has 2 aromatic carbocycles. The van der Waals surface area contributed by atoms with Crippen molar-refractivity contribution >= 4 is 17.5 Å². The van der Waals surface area contributed by atoms with E-state index in [1.54, 1.807) is 31.2 Å². The van der Waals surface area contributed by atoms with Crippen molar-refractivity contribution < 1.29 is 19.1 Å². The number of carbonyl (C=O) groups excluding carboxylic acids is 2. The molecule has 0 aromatic heterocycles. The molecule has 0 radical (unpaired) electrons. The van der Waals surface area contributed by atoms with Gasteiger partial charge >= 0.3 is 0 Å². The number of nitrogens with one attached hydrogen (secondary N) is 1. The lowest BCUT2D eigenvalue weighted by Gasteiger charge is -2.28. The van der Waals surface area contributed by atoms with Crippen LogP contribution in [0.25, 0.3) is 0 Å². The Balaban J connectivity index is 1.70. The minimum absolute atomic E-state index is 0.0209. The predicted molar refractivity (Wildman–Crippen MR) is 107 cm³/mol. The summed E-state index contributed by atoms with van der Waals surface area (Å²) in [5.41, 5.74) is 1.52. The lowest BCUT2D eigenvalue weighted by Crippen LogP contribution is -2.42. The Labute approximate surface area is 165 Å². The summed E-state index contributed by atoms with van der Waals surface area (Å²) in [6, 6.07) is 14.7. The van der Waals surface area contributed by atoms with Crippen LogP contribution in [0.2, 0.25) is 0 Å². The third kappa shape index (κ3) is 4.63. The van der Waals surface area contributed by atoms with E-state index in [0.29, 0.717) is 23.7 Å². The van der Waals surface area contributed by atoms with Gasteiger partial charge in [-0.25, -0.2) is 0 Å². The first kappa shape index (κ1) is 19.7. The average Bonchev–Trinajstić information content (AvgIpc) is 2.83. The number of carbonyl (C=O) groups is 2. The van der Waals surface area contributed by atoms with Crippen molar-refractivity contribution in [2.75, 3.05) is 11.9 Å². The molecule has 1 heterocycles. The summed E-state index contributed by atoms with van der Waals surface area (Å²) in [4.78, 5) is 26.7. The van der Waals surface area contributed by atoms with Crippen LogP contribution < -0.4 is 14.8 Å². The molecule has 0 aliphatic carbocycles. The van der Waals surface area contributed by atoms with E-state index in [9.17, 15) is 9.59 Å². The summed E-state index contributed by atoms with van der Waals surface area (Å²) in [5, 5.41) is 2.84. The lowest BCUT2D eigenvalue weighted by atomic mass is 10.1. The van der Waals surface area contributed by atoms with Crippen LogP contribution in [-0.4, -0.2) is 35.5 Å². The van der Waals surface area contributed by atoms with Crippen molar-refractivity contribution in [2.45, 2.75) is 45.9 Å². The minimum atomic E-state index is -0.532. The Morgan fingerprint density at radius 3 is 2.75 bits per heavy atom. The molecule has 2 amide bonds. The molecule has 2 aromatic rings. The Hall–Kier alpha value is -3.02. The maximum absolute atomic E-state index is 12.6. The minimum Gasteiger partial charge on any atom is -0.484 e. The van der Waals surface area contributed by atoms with E-state index in [0.717, 1.165) is 12.0 Å². The summed E-state index contributed by atoms with van der Waals surface area (Å²) in [6.07, 6.45) is 0.330. The second-order valence-corrected chi connectivity index (χ2v) is 6.96. The van der Waals surface area contributed by atoms with E-state index < -0.39 is 6.10 Å². The van der Waals surface area contributed by atoms with E-state index in [1.807, 2.05) is 36.1 Å². The number of ether oxygens (including phenoxy) is 2. The molecule has 0 fully saturated rings. The fourth-order valence-electron chi connectivity index (χ4n) is 3.09. The Bertz CT molecular complexity index is 838. The molecule has 6 nitrogen and oxygen atoms in total. The van der Waals surface area contributed by atoms with Crippen LogP contribution >= 0.6 is 0 Å². The highest BCUT2D eigenvalue weighted by Gasteiger charge is 2.30. The highest BCUT2D eigenvalue weighted by atomic mass is 16.5. The van der Waals surface area contributed by atoms with Crippen LogP contribution in [-0.2, 0) is 16.1 Å². The second kappa shape index (κ2) is 8.78. The van der Waals surface area contributed by atoms with Gasteiger partial charge in [-0.3, -0.25) is 9.59 Å². The van der Waals surface area contributed by atoms with Crippen molar-refractivity contribution in [3.05, 3.63) is 54.1 Å². The standard InChI is InChI=1S/C22H26N2O4/c1-4-15(2)24-13-17-12-18(10-11-20(17)28-16(3)22(24)26)23-21(25)14-27-19-8-6-5-7-9-19/h5-12,15-16H,4,13-14H2,1-3H3,(H,23,25)/t15-,16-/m1/s1. The Morgan fingerprint density at radius 2 is 2.04 bits per heavy atom. The highest BCUT2D eigenvalue weighted by Crippen LogP contribution is 2.29. The molecule has 28 heavy (non-hydrogen) atoms. The van der Waals surface area contributed by atoms with Gasteiger partial charge in [0.25, 0.3) is 11.8 Å². The molecule has 1 aliphatic rings. The van der Waals surface area contributed by atoms with E-state index in [4.69, 9.17) is 9.47 Å². The number of para-hydroxylation sites is 1. The van der Waals surface area contributed by atoms with Gasteiger partial charge in [-0.2, -0.15) is 0 Å². The number of amides is 2. The van der Waals surface area contributed by atoms with Gasteiger partial charge in [0.05, 0.1) is 0 Å². The van der Waals surface area contributed by atoms with Crippen LogP contribution in [0.15, 0.2) is 48.5 Å². The van der Waals surface area contributed by atoms with Gasteiger partial charge < -0.3 is 19.7 Å². The third-order valence-corrected chi connectivity index (χ3v) is 4.86. The molecule has 1 N–H and O–H groups in total. The molecule has 0 spiro atoms. The summed E-state index contributed by atoms with van der Waals surface area (Å²) in [6.45, 7) is 6.23. The first-order chi connectivity index (χ1) is 13.5. The Morgan fingerprint density at radius 1 is 1.29 bits per heavy atom. The van der Waals surface area contributed by atoms with Crippen molar-refractivity contribution in [3.63, 3.8) is 0 Å². The fourth-order valence-corrected chi connectivity index (χ4v) is 3.09. The number of fused-ring (bicyclic) bond motifs is 1. The zero-order chi connectivity index (χ0) is 20.1. The number of hydrogen-bond donors (Lipinski definition) is 1. The molecule has 0 saturated heterocycles. The first-order valence-electron chi connectivity index (χ1n) is 9.55. The number of rotatable bonds is 6. The van der Waals surface area contributed by atoms with Gasteiger partial charge in [0.15, 0.2) is 12.7 Å². The normalized spacial score (nSPS) is 17.2. The van der Waals surface area contributed by atoms with E-state index >= 15 is 0 Å². The quantitative estimate of drug-likeness (QED) is 0.829. The second-order valence-electron chi connectivity index (χ2n) is 6.96. The lowest BCUT2D eigenvalue weighted by molar-refractivity contribution is -0.139. The molecule has 0 unspecified atom stereocenters. The van der Waals surface area contributed by atoms with Crippen molar-refractivity contribution in [2.24, 2.45) is 0 Å². The predicted octanol–water partition coefficient (Wildman–Crippen LogP) is 3.61. The molecule has 1 aliphatic heterocycles. The zero-order valence-corrected chi connectivity index (χ0v) is 16.5. The molecule has 0 saturated carbocycles. The summed E-state index contributed by atoms with van der Waals surface area (Å²) < 4.78 is 11.3. The molecule has 3 rings (SSSR count). The average molecular weight is 382 g/mol.